The summed E-state index contributed by atoms with van der Waals surface area (Å²) in [6.45, 7) is 2.10. The van der Waals surface area contributed by atoms with Crippen molar-refractivity contribution in [3.8, 4) is 0 Å². The predicted octanol–water partition coefficient (Wildman–Crippen LogP) is 4.37. The van der Waals surface area contributed by atoms with Crippen LogP contribution >= 0.6 is 0 Å². The minimum atomic E-state index is -0.523. The molecular formula is C18H15F2N3O. The summed E-state index contributed by atoms with van der Waals surface area (Å²) >= 11 is 0. The van der Waals surface area contributed by atoms with Crippen molar-refractivity contribution in [1.82, 2.24) is 10.2 Å². The van der Waals surface area contributed by atoms with Crippen molar-refractivity contribution in [2.45, 2.75) is 6.92 Å². The number of halogens is 2. The lowest BCUT2D eigenvalue weighted by Crippen LogP contribution is -2.05. The Morgan fingerprint density at radius 1 is 1.21 bits per heavy atom. The van der Waals surface area contributed by atoms with Crippen LogP contribution in [0.2, 0.25) is 0 Å². The first-order valence-corrected chi connectivity index (χ1v) is 7.41. The molecule has 6 heteroatoms. The van der Waals surface area contributed by atoms with Gasteiger partial charge in [-0.2, -0.15) is 5.10 Å². The number of ether oxygens (including phenoxy) is 1. The van der Waals surface area contributed by atoms with E-state index in [-0.39, 0.29) is 17.2 Å². The minimum absolute atomic E-state index is 0.0898. The standard InChI is InChI=1S/C18H15F2N3O/c1-2-24-18(21)12-9-14-16(22-23-17(14)15(20)10-12)8-5-11-3-6-13(19)7-4-11/h3-10,21H,2H2,1H3,(H,22,23). The van der Waals surface area contributed by atoms with E-state index in [1.165, 1.54) is 18.2 Å². The van der Waals surface area contributed by atoms with Crippen LogP contribution in [0, 0.1) is 17.0 Å². The average molecular weight is 327 g/mol. The first-order valence-electron chi connectivity index (χ1n) is 7.41. The van der Waals surface area contributed by atoms with E-state index in [1.807, 2.05) is 0 Å². The van der Waals surface area contributed by atoms with Gasteiger partial charge in [0.1, 0.15) is 11.3 Å². The molecule has 0 saturated carbocycles. The summed E-state index contributed by atoms with van der Waals surface area (Å²) in [5.74, 6) is -0.919. The van der Waals surface area contributed by atoms with Crippen LogP contribution in [0.1, 0.15) is 23.7 Å². The Labute approximate surface area is 137 Å². The molecule has 0 bridgehead atoms. The summed E-state index contributed by atoms with van der Waals surface area (Å²) < 4.78 is 32.2. The molecule has 0 aliphatic heterocycles. The third-order valence-corrected chi connectivity index (χ3v) is 3.51. The quantitative estimate of drug-likeness (QED) is 0.552. The Balaban J connectivity index is 1.99. The molecule has 0 saturated heterocycles. The molecule has 3 aromatic rings. The predicted molar refractivity (Wildman–Crippen MR) is 89.8 cm³/mol. The van der Waals surface area contributed by atoms with Gasteiger partial charge in [-0.15, -0.1) is 0 Å². The number of fused-ring (bicyclic) bond motifs is 1. The van der Waals surface area contributed by atoms with Gasteiger partial charge in [-0.05, 0) is 42.8 Å². The molecule has 0 fully saturated rings. The molecule has 1 heterocycles. The van der Waals surface area contributed by atoms with Crippen LogP contribution in [-0.4, -0.2) is 22.7 Å². The molecule has 2 N–H and O–H groups in total. The number of aromatic nitrogens is 2. The van der Waals surface area contributed by atoms with Crippen LogP contribution in [0.3, 0.4) is 0 Å². The molecule has 24 heavy (non-hydrogen) atoms. The third kappa shape index (κ3) is 3.17. The summed E-state index contributed by atoms with van der Waals surface area (Å²) in [6.07, 6.45) is 3.50. The summed E-state index contributed by atoms with van der Waals surface area (Å²) in [7, 11) is 0. The fourth-order valence-corrected chi connectivity index (χ4v) is 2.33. The molecule has 4 nitrogen and oxygen atoms in total. The lowest BCUT2D eigenvalue weighted by molar-refractivity contribution is 0.325. The van der Waals surface area contributed by atoms with Crippen molar-refractivity contribution in [2.24, 2.45) is 0 Å². The van der Waals surface area contributed by atoms with Gasteiger partial charge >= 0.3 is 0 Å². The van der Waals surface area contributed by atoms with Gasteiger partial charge in [0.05, 0.1) is 12.3 Å². The zero-order chi connectivity index (χ0) is 17.1. The van der Waals surface area contributed by atoms with Gasteiger partial charge in [0.25, 0.3) is 0 Å². The van der Waals surface area contributed by atoms with Crippen molar-refractivity contribution in [1.29, 1.82) is 5.41 Å². The SMILES string of the molecule is CCOC(=N)c1cc(F)c2n[nH]c(C=Cc3ccc(F)cc3)c2c1. The van der Waals surface area contributed by atoms with Gasteiger partial charge in [-0.25, -0.2) is 8.78 Å². The van der Waals surface area contributed by atoms with E-state index in [0.717, 1.165) is 5.56 Å². The Morgan fingerprint density at radius 2 is 1.96 bits per heavy atom. The van der Waals surface area contributed by atoms with E-state index in [4.69, 9.17) is 10.1 Å². The fraction of sp³-hybridized carbons (Fsp3) is 0.111. The second-order valence-corrected chi connectivity index (χ2v) is 5.14. The minimum Gasteiger partial charge on any atom is -0.478 e. The normalized spacial score (nSPS) is 11.3. The summed E-state index contributed by atoms with van der Waals surface area (Å²) in [5, 5.41) is 15.1. The zero-order valence-electron chi connectivity index (χ0n) is 12.9. The Morgan fingerprint density at radius 3 is 2.67 bits per heavy atom. The maximum absolute atomic E-state index is 14.2. The van der Waals surface area contributed by atoms with Crippen LogP contribution in [0.25, 0.3) is 23.1 Å². The Bertz CT molecular complexity index is 914. The van der Waals surface area contributed by atoms with Crippen molar-refractivity contribution in [2.75, 3.05) is 6.61 Å². The average Bonchev–Trinajstić information content (AvgIpc) is 2.98. The first-order chi connectivity index (χ1) is 11.6. The van der Waals surface area contributed by atoms with Crippen LogP contribution < -0.4 is 0 Å². The number of hydrogen-bond acceptors (Lipinski definition) is 3. The summed E-state index contributed by atoms with van der Waals surface area (Å²) in [4.78, 5) is 0. The van der Waals surface area contributed by atoms with E-state index in [0.29, 0.717) is 23.3 Å². The van der Waals surface area contributed by atoms with Crippen molar-refractivity contribution < 1.29 is 13.5 Å². The van der Waals surface area contributed by atoms with Gasteiger partial charge < -0.3 is 4.74 Å². The molecule has 0 aliphatic rings. The van der Waals surface area contributed by atoms with E-state index < -0.39 is 5.82 Å². The smallest absolute Gasteiger partial charge is 0.213 e. The van der Waals surface area contributed by atoms with Gasteiger partial charge in [0.15, 0.2) is 5.82 Å². The number of rotatable bonds is 4. The molecule has 0 spiro atoms. The highest BCUT2D eigenvalue weighted by atomic mass is 19.1. The topological polar surface area (TPSA) is 61.8 Å². The highest BCUT2D eigenvalue weighted by Crippen LogP contribution is 2.23. The van der Waals surface area contributed by atoms with Gasteiger partial charge in [0.2, 0.25) is 5.90 Å². The lowest BCUT2D eigenvalue weighted by atomic mass is 10.1. The second kappa shape index (κ2) is 6.62. The van der Waals surface area contributed by atoms with Crippen LogP contribution in [0.5, 0.6) is 0 Å². The fourth-order valence-electron chi connectivity index (χ4n) is 2.33. The lowest BCUT2D eigenvalue weighted by Gasteiger charge is -2.05. The third-order valence-electron chi connectivity index (χ3n) is 3.51. The molecular weight excluding hydrogens is 312 g/mol. The molecule has 2 aromatic carbocycles. The van der Waals surface area contributed by atoms with E-state index in [9.17, 15) is 8.78 Å². The number of nitrogens with one attached hydrogen (secondary N) is 2. The molecule has 0 radical (unpaired) electrons. The van der Waals surface area contributed by atoms with Crippen LogP contribution in [-0.2, 0) is 4.74 Å². The second-order valence-electron chi connectivity index (χ2n) is 5.14. The van der Waals surface area contributed by atoms with Gasteiger partial charge in [-0.3, -0.25) is 10.5 Å². The zero-order valence-corrected chi connectivity index (χ0v) is 12.9. The van der Waals surface area contributed by atoms with Gasteiger partial charge in [0, 0.05) is 10.9 Å². The summed E-state index contributed by atoms with van der Waals surface area (Å²) in [5.41, 5.74) is 1.94. The molecule has 122 valence electrons. The van der Waals surface area contributed by atoms with Crippen molar-refractivity contribution in [3.05, 3.63) is 64.9 Å². The van der Waals surface area contributed by atoms with E-state index >= 15 is 0 Å². The Hall–Kier alpha value is -3.02. The highest BCUT2D eigenvalue weighted by Gasteiger charge is 2.13. The highest BCUT2D eigenvalue weighted by molar-refractivity contribution is 5.98. The maximum atomic E-state index is 14.2. The van der Waals surface area contributed by atoms with Crippen LogP contribution in [0.4, 0.5) is 8.78 Å². The first kappa shape index (κ1) is 15.9. The molecule has 1 aromatic heterocycles. The number of H-pyrrole nitrogens is 1. The van der Waals surface area contributed by atoms with Crippen LogP contribution in [0.15, 0.2) is 36.4 Å². The monoisotopic (exact) mass is 327 g/mol. The number of nitrogens with zero attached hydrogens (tertiary/aromatic N) is 1. The Kier molecular flexibility index (Phi) is 4.37. The summed E-state index contributed by atoms with van der Waals surface area (Å²) in [6, 6.07) is 8.90. The molecule has 0 atom stereocenters. The van der Waals surface area contributed by atoms with Gasteiger partial charge in [-0.1, -0.05) is 18.2 Å². The molecule has 3 rings (SSSR count). The van der Waals surface area contributed by atoms with Crippen molar-refractivity contribution >= 4 is 29.0 Å². The van der Waals surface area contributed by atoms with E-state index in [1.54, 1.807) is 37.3 Å². The molecule has 0 aliphatic carbocycles. The number of aromatic amines is 1. The van der Waals surface area contributed by atoms with Crippen molar-refractivity contribution in [3.63, 3.8) is 0 Å². The van der Waals surface area contributed by atoms with E-state index in [2.05, 4.69) is 10.2 Å². The molecule has 0 amide bonds. The maximum Gasteiger partial charge on any atom is 0.213 e. The number of hydrogen-bond donors (Lipinski definition) is 2. The number of benzene rings is 2. The molecule has 0 unspecified atom stereocenters. The largest absolute Gasteiger partial charge is 0.478 e.